The second kappa shape index (κ2) is 7.85. The Morgan fingerprint density at radius 2 is 1.43 bits per heavy atom. The normalized spacial score (nSPS) is 26.4. The summed E-state index contributed by atoms with van der Waals surface area (Å²) in [6, 6.07) is 30.5. The number of para-hydroxylation sites is 1. The maximum atomic E-state index is 14.4. The predicted octanol–water partition coefficient (Wildman–Crippen LogP) is 4.38. The van der Waals surface area contributed by atoms with Crippen molar-refractivity contribution in [3.05, 3.63) is 108 Å². The number of benzene rings is 4. The van der Waals surface area contributed by atoms with Crippen molar-refractivity contribution in [2.75, 3.05) is 9.80 Å². The molecule has 3 aliphatic rings. The molecule has 37 heavy (non-hydrogen) atoms. The Labute approximate surface area is 214 Å². The van der Waals surface area contributed by atoms with E-state index in [0.717, 1.165) is 27.6 Å². The minimum absolute atomic E-state index is 0.183. The van der Waals surface area contributed by atoms with E-state index in [-0.39, 0.29) is 23.8 Å². The summed E-state index contributed by atoms with van der Waals surface area (Å²) in [6.07, 6.45) is 0. The highest BCUT2D eigenvalue weighted by Crippen LogP contribution is 2.55. The second-order valence-electron chi connectivity index (χ2n) is 10.1. The van der Waals surface area contributed by atoms with Crippen LogP contribution in [0.25, 0.3) is 10.8 Å². The van der Waals surface area contributed by atoms with Crippen molar-refractivity contribution in [3.63, 3.8) is 0 Å². The number of nitrogens with zero attached hydrogens (tertiary/aromatic N) is 2. The molecule has 3 aliphatic heterocycles. The molecule has 4 aromatic carbocycles. The highest BCUT2D eigenvalue weighted by atomic mass is 16.2. The zero-order chi connectivity index (χ0) is 25.3. The first kappa shape index (κ1) is 21.9. The molecule has 3 heterocycles. The van der Waals surface area contributed by atoms with Crippen molar-refractivity contribution in [1.29, 1.82) is 0 Å². The molecule has 0 bridgehead atoms. The van der Waals surface area contributed by atoms with Crippen LogP contribution in [0.4, 0.5) is 11.4 Å². The number of hydrogen-bond donors (Lipinski definition) is 1. The van der Waals surface area contributed by atoms with Crippen LogP contribution in [-0.4, -0.2) is 23.8 Å². The van der Waals surface area contributed by atoms with E-state index in [1.807, 2.05) is 104 Å². The summed E-state index contributed by atoms with van der Waals surface area (Å²) in [6.45, 7) is 2.29. The van der Waals surface area contributed by atoms with E-state index < -0.39 is 17.4 Å². The van der Waals surface area contributed by atoms with Gasteiger partial charge in [0.25, 0.3) is 5.91 Å². The van der Waals surface area contributed by atoms with Crippen LogP contribution < -0.4 is 15.1 Å². The average molecular weight is 488 g/mol. The second-order valence-corrected chi connectivity index (χ2v) is 10.1. The summed E-state index contributed by atoms with van der Waals surface area (Å²) >= 11 is 0. The molecular weight excluding hydrogens is 462 g/mol. The lowest BCUT2D eigenvalue weighted by Crippen LogP contribution is -2.54. The number of amides is 3. The quantitative estimate of drug-likeness (QED) is 0.436. The zero-order valence-corrected chi connectivity index (χ0v) is 20.3. The van der Waals surface area contributed by atoms with Gasteiger partial charge < -0.3 is 4.90 Å². The van der Waals surface area contributed by atoms with Crippen LogP contribution in [0.15, 0.2) is 97.1 Å². The van der Waals surface area contributed by atoms with Gasteiger partial charge in [-0.15, -0.1) is 0 Å². The van der Waals surface area contributed by atoms with Gasteiger partial charge in [-0.05, 0) is 30.0 Å². The Bertz CT molecular complexity index is 1590. The van der Waals surface area contributed by atoms with E-state index in [1.165, 1.54) is 4.90 Å². The maximum Gasteiger partial charge on any atom is 0.253 e. The molecule has 0 aromatic heterocycles. The highest BCUT2D eigenvalue weighted by molar-refractivity contribution is 6.28. The first-order valence-corrected chi connectivity index (χ1v) is 12.6. The molecule has 7 rings (SSSR count). The van der Waals surface area contributed by atoms with Crippen molar-refractivity contribution < 1.29 is 14.4 Å². The number of hydrogen-bond acceptors (Lipinski definition) is 4. The van der Waals surface area contributed by atoms with Crippen molar-refractivity contribution in [3.8, 4) is 0 Å². The molecule has 6 heteroatoms. The van der Waals surface area contributed by atoms with E-state index in [4.69, 9.17) is 0 Å². The Hall–Kier alpha value is -4.29. The molecule has 1 N–H and O–H groups in total. The first-order valence-electron chi connectivity index (χ1n) is 12.6. The van der Waals surface area contributed by atoms with Crippen molar-refractivity contribution in [2.24, 2.45) is 11.8 Å². The standard InChI is InChI=1S/C31H25N3O3/c1-19-26-27(29(36)34(28(26)35)24-17-9-13-21-12-5-6-14-22(21)24)31(32-19)23-15-7-8-16-25(23)33(30(31)37)18-20-10-3-2-4-11-20/h2-17,19,26-27,32H,18H2,1H3/t19-,26+,27+,31-/m0/s1. The van der Waals surface area contributed by atoms with E-state index in [1.54, 1.807) is 4.90 Å². The lowest BCUT2D eigenvalue weighted by atomic mass is 9.76. The molecule has 182 valence electrons. The third-order valence-corrected chi connectivity index (χ3v) is 8.20. The number of anilines is 2. The number of imide groups is 1. The Balaban J connectivity index is 1.37. The van der Waals surface area contributed by atoms with Crippen LogP contribution in [-0.2, 0) is 26.5 Å². The number of rotatable bonds is 3. The average Bonchev–Trinajstić information content (AvgIpc) is 3.47. The van der Waals surface area contributed by atoms with Gasteiger partial charge in [0.05, 0.1) is 24.1 Å². The van der Waals surface area contributed by atoms with Gasteiger partial charge >= 0.3 is 0 Å². The minimum Gasteiger partial charge on any atom is -0.306 e. The maximum absolute atomic E-state index is 14.4. The summed E-state index contributed by atoms with van der Waals surface area (Å²) in [5.74, 6) is -2.23. The van der Waals surface area contributed by atoms with Gasteiger partial charge in [-0.2, -0.15) is 0 Å². The smallest absolute Gasteiger partial charge is 0.253 e. The lowest BCUT2D eigenvalue weighted by Gasteiger charge is -2.30. The molecular formula is C31H25N3O3. The number of carbonyl (C=O) groups is 3. The Morgan fingerprint density at radius 3 is 2.27 bits per heavy atom. The molecule has 3 amide bonds. The summed E-state index contributed by atoms with van der Waals surface area (Å²) < 4.78 is 0. The summed E-state index contributed by atoms with van der Waals surface area (Å²) in [5, 5.41) is 5.26. The molecule has 2 fully saturated rings. The summed E-state index contributed by atoms with van der Waals surface area (Å²) in [4.78, 5) is 45.6. The van der Waals surface area contributed by atoms with E-state index in [9.17, 15) is 14.4 Å². The van der Waals surface area contributed by atoms with Crippen LogP contribution in [0.2, 0.25) is 0 Å². The van der Waals surface area contributed by atoms with Crippen LogP contribution in [0.5, 0.6) is 0 Å². The molecule has 6 nitrogen and oxygen atoms in total. The molecule has 4 atom stereocenters. The SMILES string of the molecule is C[C@@H]1N[C@]2(C(=O)N(Cc3ccccc3)c3ccccc32)[C@H]2C(=O)N(c3cccc4ccccc34)C(=O)[C@H]12. The van der Waals surface area contributed by atoms with Gasteiger partial charge in [0.1, 0.15) is 5.54 Å². The van der Waals surface area contributed by atoms with Crippen LogP contribution in [0.1, 0.15) is 18.1 Å². The lowest BCUT2D eigenvalue weighted by molar-refractivity contribution is -0.132. The van der Waals surface area contributed by atoms with Gasteiger partial charge in [-0.3, -0.25) is 19.7 Å². The van der Waals surface area contributed by atoms with Gasteiger partial charge in [-0.1, -0.05) is 84.9 Å². The van der Waals surface area contributed by atoms with E-state index >= 15 is 0 Å². The van der Waals surface area contributed by atoms with Gasteiger partial charge in [-0.25, -0.2) is 4.90 Å². The fraction of sp³-hybridized carbons (Fsp3) is 0.194. The number of fused-ring (bicyclic) bond motifs is 5. The first-order chi connectivity index (χ1) is 18.0. The van der Waals surface area contributed by atoms with Crippen molar-refractivity contribution in [2.45, 2.75) is 25.0 Å². The largest absolute Gasteiger partial charge is 0.306 e. The summed E-state index contributed by atoms with van der Waals surface area (Å²) in [7, 11) is 0. The predicted molar refractivity (Wildman–Crippen MR) is 142 cm³/mol. The Morgan fingerprint density at radius 1 is 0.757 bits per heavy atom. The molecule has 0 unspecified atom stereocenters. The third-order valence-electron chi connectivity index (χ3n) is 8.20. The molecule has 1 spiro atoms. The highest BCUT2D eigenvalue weighted by Gasteiger charge is 2.71. The molecule has 0 saturated carbocycles. The monoisotopic (exact) mass is 487 g/mol. The van der Waals surface area contributed by atoms with Gasteiger partial charge in [0.15, 0.2) is 0 Å². The fourth-order valence-corrected chi connectivity index (χ4v) is 6.67. The van der Waals surface area contributed by atoms with Crippen LogP contribution >= 0.6 is 0 Å². The minimum atomic E-state index is -1.29. The third kappa shape index (κ3) is 2.87. The molecule has 2 saturated heterocycles. The molecule has 0 aliphatic carbocycles. The topological polar surface area (TPSA) is 69.7 Å². The molecule has 0 radical (unpaired) electrons. The number of nitrogens with one attached hydrogen (secondary N) is 1. The Kier molecular flexibility index (Phi) is 4.66. The van der Waals surface area contributed by atoms with E-state index in [2.05, 4.69) is 5.32 Å². The van der Waals surface area contributed by atoms with Crippen molar-refractivity contribution >= 4 is 39.9 Å². The van der Waals surface area contributed by atoms with E-state index in [0.29, 0.717) is 12.2 Å². The number of carbonyl (C=O) groups excluding carboxylic acids is 3. The van der Waals surface area contributed by atoms with Gasteiger partial charge in [0.2, 0.25) is 11.8 Å². The van der Waals surface area contributed by atoms with Crippen LogP contribution in [0, 0.1) is 11.8 Å². The van der Waals surface area contributed by atoms with Crippen LogP contribution in [0.3, 0.4) is 0 Å². The van der Waals surface area contributed by atoms with Crippen molar-refractivity contribution in [1.82, 2.24) is 5.32 Å². The summed E-state index contributed by atoms with van der Waals surface area (Å²) in [5.41, 5.74) is 1.82. The zero-order valence-electron chi connectivity index (χ0n) is 20.3. The molecule has 4 aromatic rings. The fourth-order valence-electron chi connectivity index (χ4n) is 6.67. The van der Waals surface area contributed by atoms with Gasteiger partial charge in [0, 0.05) is 22.7 Å².